The van der Waals surface area contributed by atoms with Gasteiger partial charge in [-0.15, -0.1) is 0 Å². The number of nitrogen functional groups attached to an aromatic ring is 1. The maximum atomic E-state index is 5.86. The van der Waals surface area contributed by atoms with Gasteiger partial charge in [-0.25, -0.2) is 0 Å². The number of nitrogens with two attached hydrogens (primary N) is 1. The molecule has 0 saturated heterocycles. The lowest BCUT2D eigenvalue weighted by atomic mass is 10.1. The summed E-state index contributed by atoms with van der Waals surface area (Å²) in [5, 5.41) is 3.38. The molecule has 0 heterocycles. The molecule has 0 aliphatic rings. The van der Waals surface area contributed by atoms with E-state index in [2.05, 4.69) is 5.32 Å². The number of benzene rings is 2. The molecule has 19 heavy (non-hydrogen) atoms. The Bertz CT molecular complexity index is 511. The maximum Gasteiger partial charge on any atom is 0.119 e. The van der Waals surface area contributed by atoms with Crippen LogP contribution in [-0.2, 0) is 0 Å². The van der Waals surface area contributed by atoms with Crippen molar-refractivity contribution < 1.29 is 4.74 Å². The lowest BCUT2D eigenvalue weighted by Crippen LogP contribution is -2.08. The molecular formula is C16H20N2O. The normalized spacial score (nSPS) is 10.2. The summed E-state index contributed by atoms with van der Waals surface area (Å²) in [6, 6.07) is 15.8. The van der Waals surface area contributed by atoms with Gasteiger partial charge in [0.1, 0.15) is 5.75 Å². The van der Waals surface area contributed by atoms with E-state index in [0.717, 1.165) is 35.7 Å². The van der Waals surface area contributed by atoms with Crippen LogP contribution in [0.15, 0.2) is 48.5 Å². The summed E-state index contributed by atoms with van der Waals surface area (Å²) >= 11 is 0. The minimum absolute atomic E-state index is 0.707. The molecular weight excluding hydrogens is 236 g/mol. The maximum absolute atomic E-state index is 5.86. The third-order valence-electron chi connectivity index (χ3n) is 3.02. The molecule has 0 aromatic heterocycles. The van der Waals surface area contributed by atoms with Gasteiger partial charge in [0.25, 0.3) is 0 Å². The van der Waals surface area contributed by atoms with Crippen molar-refractivity contribution in [1.29, 1.82) is 0 Å². The van der Waals surface area contributed by atoms with E-state index in [4.69, 9.17) is 10.5 Å². The second-order valence-corrected chi connectivity index (χ2v) is 4.46. The second-order valence-electron chi connectivity index (χ2n) is 4.46. The molecule has 0 spiro atoms. The summed E-state index contributed by atoms with van der Waals surface area (Å²) in [4.78, 5) is 0. The highest BCUT2D eigenvalue weighted by Gasteiger charge is 2.00. The SMILES string of the molecule is Cc1c(N)cccc1NCCCOc1ccccc1. The van der Waals surface area contributed by atoms with Crippen LogP contribution in [0.2, 0.25) is 0 Å². The Hall–Kier alpha value is -2.16. The molecule has 0 atom stereocenters. The van der Waals surface area contributed by atoms with Gasteiger partial charge >= 0.3 is 0 Å². The Morgan fingerprint density at radius 1 is 1.05 bits per heavy atom. The molecule has 0 aliphatic heterocycles. The fourth-order valence-corrected chi connectivity index (χ4v) is 1.85. The number of para-hydroxylation sites is 1. The molecule has 0 saturated carbocycles. The second kappa shape index (κ2) is 6.69. The van der Waals surface area contributed by atoms with Crippen molar-refractivity contribution in [3.63, 3.8) is 0 Å². The minimum Gasteiger partial charge on any atom is -0.494 e. The van der Waals surface area contributed by atoms with Crippen LogP contribution in [0.1, 0.15) is 12.0 Å². The predicted molar refractivity (Wildman–Crippen MR) is 80.6 cm³/mol. The molecule has 0 radical (unpaired) electrons. The van der Waals surface area contributed by atoms with Gasteiger partial charge in [0.2, 0.25) is 0 Å². The first-order chi connectivity index (χ1) is 9.27. The standard InChI is InChI=1S/C16H20N2O/c1-13-15(17)9-5-10-16(13)18-11-6-12-19-14-7-3-2-4-8-14/h2-5,7-10,18H,6,11-12,17H2,1H3. The summed E-state index contributed by atoms with van der Waals surface area (Å²) in [6.07, 6.45) is 0.948. The van der Waals surface area contributed by atoms with E-state index in [1.807, 2.05) is 55.5 Å². The Labute approximate surface area is 114 Å². The van der Waals surface area contributed by atoms with Gasteiger partial charge < -0.3 is 15.8 Å². The Morgan fingerprint density at radius 2 is 1.84 bits per heavy atom. The van der Waals surface area contributed by atoms with Crippen molar-refractivity contribution in [3.05, 3.63) is 54.1 Å². The van der Waals surface area contributed by atoms with E-state index in [0.29, 0.717) is 6.61 Å². The molecule has 0 aliphatic carbocycles. The zero-order valence-corrected chi connectivity index (χ0v) is 11.2. The summed E-state index contributed by atoms with van der Waals surface area (Å²) in [7, 11) is 0. The molecule has 3 N–H and O–H groups in total. The molecule has 0 amide bonds. The van der Waals surface area contributed by atoms with E-state index >= 15 is 0 Å². The lowest BCUT2D eigenvalue weighted by Gasteiger charge is -2.11. The van der Waals surface area contributed by atoms with Gasteiger partial charge in [-0.3, -0.25) is 0 Å². The molecule has 0 unspecified atom stereocenters. The summed E-state index contributed by atoms with van der Waals surface area (Å²) in [6.45, 7) is 3.60. The molecule has 3 heteroatoms. The van der Waals surface area contributed by atoms with Crippen LogP contribution in [-0.4, -0.2) is 13.2 Å². The van der Waals surface area contributed by atoms with E-state index in [1.165, 1.54) is 0 Å². The van der Waals surface area contributed by atoms with Crippen LogP contribution in [0.4, 0.5) is 11.4 Å². The van der Waals surface area contributed by atoms with Crippen molar-refractivity contribution >= 4 is 11.4 Å². The van der Waals surface area contributed by atoms with Crippen LogP contribution in [0, 0.1) is 6.92 Å². The van der Waals surface area contributed by atoms with Crippen LogP contribution < -0.4 is 15.8 Å². The third-order valence-corrected chi connectivity index (χ3v) is 3.02. The molecule has 2 aromatic carbocycles. The lowest BCUT2D eigenvalue weighted by molar-refractivity contribution is 0.315. The molecule has 3 nitrogen and oxygen atoms in total. The van der Waals surface area contributed by atoms with Gasteiger partial charge in [0, 0.05) is 17.9 Å². The van der Waals surface area contributed by atoms with Crippen LogP contribution in [0.25, 0.3) is 0 Å². The van der Waals surface area contributed by atoms with Crippen LogP contribution in [0.5, 0.6) is 5.75 Å². The first-order valence-electron chi connectivity index (χ1n) is 6.54. The smallest absolute Gasteiger partial charge is 0.119 e. The van der Waals surface area contributed by atoms with Gasteiger partial charge in [-0.2, -0.15) is 0 Å². The third kappa shape index (κ3) is 3.91. The molecule has 0 fully saturated rings. The highest BCUT2D eigenvalue weighted by molar-refractivity contribution is 5.62. The highest BCUT2D eigenvalue weighted by Crippen LogP contribution is 2.20. The summed E-state index contributed by atoms with van der Waals surface area (Å²) in [5.74, 6) is 0.919. The highest BCUT2D eigenvalue weighted by atomic mass is 16.5. The van der Waals surface area contributed by atoms with Crippen LogP contribution >= 0.6 is 0 Å². The van der Waals surface area contributed by atoms with Crippen LogP contribution in [0.3, 0.4) is 0 Å². The van der Waals surface area contributed by atoms with Crippen molar-refractivity contribution in [2.45, 2.75) is 13.3 Å². The van der Waals surface area contributed by atoms with E-state index in [9.17, 15) is 0 Å². The first kappa shape index (κ1) is 13.3. The largest absolute Gasteiger partial charge is 0.494 e. The fourth-order valence-electron chi connectivity index (χ4n) is 1.85. The Morgan fingerprint density at radius 3 is 2.63 bits per heavy atom. The fraction of sp³-hybridized carbons (Fsp3) is 0.250. The van der Waals surface area contributed by atoms with E-state index in [-0.39, 0.29) is 0 Å². The van der Waals surface area contributed by atoms with Gasteiger partial charge in [-0.05, 0) is 43.2 Å². The van der Waals surface area contributed by atoms with Gasteiger partial charge in [-0.1, -0.05) is 24.3 Å². The number of ether oxygens (including phenoxy) is 1. The van der Waals surface area contributed by atoms with Crippen molar-refractivity contribution in [2.24, 2.45) is 0 Å². The number of nitrogens with one attached hydrogen (secondary N) is 1. The van der Waals surface area contributed by atoms with Gasteiger partial charge in [0.05, 0.1) is 6.61 Å². The summed E-state index contributed by atoms with van der Waals surface area (Å²) < 4.78 is 5.63. The number of anilines is 2. The average molecular weight is 256 g/mol. The molecule has 0 bridgehead atoms. The Kier molecular flexibility index (Phi) is 4.67. The van der Waals surface area contributed by atoms with E-state index in [1.54, 1.807) is 0 Å². The van der Waals surface area contributed by atoms with Crippen molar-refractivity contribution in [1.82, 2.24) is 0 Å². The number of hydrogen-bond acceptors (Lipinski definition) is 3. The van der Waals surface area contributed by atoms with Crippen molar-refractivity contribution in [2.75, 3.05) is 24.2 Å². The average Bonchev–Trinajstić information content (AvgIpc) is 2.44. The van der Waals surface area contributed by atoms with Gasteiger partial charge in [0.15, 0.2) is 0 Å². The Balaban J connectivity index is 1.71. The predicted octanol–water partition coefficient (Wildman–Crippen LogP) is 3.46. The number of rotatable bonds is 6. The molecule has 100 valence electrons. The first-order valence-corrected chi connectivity index (χ1v) is 6.54. The molecule has 2 rings (SSSR count). The summed E-state index contributed by atoms with van der Waals surface area (Å²) in [5.41, 5.74) is 8.89. The van der Waals surface area contributed by atoms with E-state index < -0.39 is 0 Å². The van der Waals surface area contributed by atoms with Crippen molar-refractivity contribution in [3.8, 4) is 5.75 Å². The quantitative estimate of drug-likeness (QED) is 0.614. The topological polar surface area (TPSA) is 47.3 Å². The molecule has 2 aromatic rings. The minimum atomic E-state index is 0.707. The monoisotopic (exact) mass is 256 g/mol. The number of hydrogen-bond donors (Lipinski definition) is 2. The zero-order chi connectivity index (χ0) is 13.5. The zero-order valence-electron chi connectivity index (χ0n) is 11.2.